The number of nitrogens with zero attached hydrogens (tertiary/aromatic N) is 5. The van der Waals surface area contributed by atoms with Crippen molar-refractivity contribution in [2.75, 3.05) is 13.2 Å². The van der Waals surface area contributed by atoms with Crippen molar-refractivity contribution in [3.63, 3.8) is 0 Å². The summed E-state index contributed by atoms with van der Waals surface area (Å²) in [5, 5.41) is 0. The maximum Gasteiger partial charge on any atom is 0.378 e. The standard InChI is InChI=1S/C26H33N6O3/c1-7-34-25(33)26(5,6)32-13-19(14-32)18-8-9-20-22(12-18)35-11-10-31-15-21(30-24(20)31)23(28-16(2)3)29-17(4)27/h8-9,12-16H,7,10-11H2,1-6H3,(H2,27,28,29)/q+1. The quantitative estimate of drug-likeness (QED) is 0.297. The summed E-state index contributed by atoms with van der Waals surface area (Å²) in [5.41, 5.74) is 8.68. The van der Waals surface area contributed by atoms with Crippen molar-refractivity contribution in [2.24, 2.45) is 15.7 Å². The minimum atomic E-state index is -0.761. The van der Waals surface area contributed by atoms with E-state index in [4.69, 9.17) is 20.2 Å². The fourth-order valence-corrected chi connectivity index (χ4v) is 3.91. The van der Waals surface area contributed by atoms with Gasteiger partial charge in [0.2, 0.25) is 0 Å². The second kappa shape index (κ2) is 9.48. The van der Waals surface area contributed by atoms with Crippen LogP contribution in [0.15, 0.2) is 40.6 Å². The Bertz CT molecular complexity index is 1280. The van der Waals surface area contributed by atoms with E-state index >= 15 is 0 Å². The Hall–Kier alpha value is -3.75. The molecule has 3 heterocycles. The van der Waals surface area contributed by atoms with Crippen LogP contribution in [0.5, 0.6) is 5.75 Å². The lowest BCUT2D eigenvalue weighted by atomic mass is 9.97. The van der Waals surface area contributed by atoms with Gasteiger partial charge in [-0.05, 0) is 45.4 Å². The van der Waals surface area contributed by atoms with Gasteiger partial charge in [0.05, 0.1) is 24.6 Å². The minimum Gasteiger partial charge on any atom is -0.491 e. The monoisotopic (exact) mass is 477 g/mol. The van der Waals surface area contributed by atoms with Crippen molar-refractivity contribution in [3.05, 3.63) is 41.9 Å². The Morgan fingerprint density at radius 1 is 1.37 bits per heavy atom. The Labute approximate surface area is 205 Å². The van der Waals surface area contributed by atoms with Crippen LogP contribution in [0.2, 0.25) is 0 Å². The highest BCUT2D eigenvalue weighted by atomic mass is 16.5. The molecule has 2 aromatic rings. The first-order chi connectivity index (χ1) is 16.6. The minimum absolute atomic E-state index is 0.0631. The maximum atomic E-state index is 12.3. The number of allylic oxidation sites excluding steroid dienone is 1. The van der Waals surface area contributed by atoms with Crippen LogP contribution in [0.25, 0.3) is 17.0 Å². The van der Waals surface area contributed by atoms with Crippen LogP contribution < -0.4 is 10.5 Å². The highest BCUT2D eigenvalue weighted by Crippen LogP contribution is 2.35. The lowest BCUT2D eigenvalue weighted by Gasteiger charge is -2.22. The van der Waals surface area contributed by atoms with Crippen LogP contribution >= 0.6 is 0 Å². The van der Waals surface area contributed by atoms with Crippen LogP contribution in [0.1, 0.15) is 52.8 Å². The second-order valence-electron chi connectivity index (χ2n) is 9.40. The summed E-state index contributed by atoms with van der Waals surface area (Å²) >= 11 is 0. The van der Waals surface area contributed by atoms with Crippen LogP contribution in [-0.2, 0) is 16.1 Å². The normalized spacial score (nSPS) is 15.9. The van der Waals surface area contributed by atoms with Crippen molar-refractivity contribution < 1.29 is 18.8 Å². The van der Waals surface area contributed by atoms with E-state index in [0.29, 0.717) is 37.1 Å². The van der Waals surface area contributed by atoms with Gasteiger partial charge in [0.1, 0.15) is 29.4 Å². The molecular formula is C26H33N6O3+. The number of hydrogen-bond acceptors (Lipinski definition) is 5. The summed E-state index contributed by atoms with van der Waals surface area (Å²) in [6.07, 6.45) is 5.86. The number of aliphatic imine (C=N–C) groups is 2. The van der Waals surface area contributed by atoms with Crippen molar-refractivity contribution >= 4 is 29.4 Å². The molecule has 0 amide bonds. The molecule has 0 unspecified atom stereocenters. The number of benzene rings is 1. The third kappa shape index (κ3) is 4.89. The molecule has 0 bridgehead atoms. The fourth-order valence-electron chi connectivity index (χ4n) is 3.91. The zero-order valence-corrected chi connectivity index (χ0v) is 21.2. The first kappa shape index (κ1) is 24.4. The van der Waals surface area contributed by atoms with Gasteiger partial charge in [0.15, 0.2) is 18.3 Å². The first-order valence-corrected chi connectivity index (χ1v) is 11.9. The van der Waals surface area contributed by atoms with Gasteiger partial charge in [-0.2, -0.15) is 4.58 Å². The molecule has 0 spiro atoms. The molecule has 1 aromatic heterocycles. The second-order valence-corrected chi connectivity index (χ2v) is 9.40. The number of fused-ring (bicyclic) bond motifs is 3. The molecule has 9 nitrogen and oxygen atoms in total. The zero-order valence-electron chi connectivity index (χ0n) is 21.2. The maximum absolute atomic E-state index is 12.3. The summed E-state index contributed by atoms with van der Waals surface area (Å²) in [5.74, 6) is 2.27. The number of imidazole rings is 1. The fraction of sp³-hybridized carbons (Fsp3) is 0.423. The number of amidine groups is 2. The summed E-state index contributed by atoms with van der Waals surface area (Å²) in [6, 6.07) is 6.13. The third-order valence-corrected chi connectivity index (χ3v) is 5.79. The molecule has 35 heavy (non-hydrogen) atoms. The van der Waals surface area contributed by atoms with Gasteiger partial charge in [-0.15, -0.1) is 0 Å². The first-order valence-electron chi connectivity index (χ1n) is 11.9. The molecule has 0 atom stereocenters. The lowest BCUT2D eigenvalue weighted by molar-refractivity contribution is -0.527. The topological polar surface area (TPSA) is 107 Å². The highest BCUT2D eigenvalue weighted by Gasteiger charge is 2.43. The molecule has 0 fully saturated rings. The number of esters is 1. The molecule has 2 aliphatic rings. The summed E-state index contributed by atoms with van der Waals surface area (Å²) in [7, 11) is 0. The number of carbonyl (C=O) groups excluding carboxylic acids is 1. The van der Waals surface area contributed by atoms with E-state index in [9.17, 15) is 4.79 Å². The number of rotatable bonds is 6. The molecule has 4 rings (SSSR count). The SMILES string of the molecule is CCOC(=O)C(C)(C)[N+]1=CC(c2ccc3c(c2)OCCn2cc(C(N=C(C)N)=NC(C)C)nc2-3)=C1. The zero-order chi connectivity index (χ0) is 25.3. The Morgan fingerprint density at radius 3 is 2.77 bits per heavy atom. The summed E-state index contributed by atoms with van der Waals surface area (Å²) in [4.78, 5) is 26.2. The molecule has 0 saturated heterocycles. The lowest BCUT2D eigenvalue weighted by Crippen LogP contribution is -2.46. The molecule has 0 radical (unpaired) electrons. The van der Waals surface area contributed by atoms with E-state index in [-0.39, 0.29) is 12.0 Å². The molecule has 0 aliphatic carbocycles. The van der Waals surface area contributed by atoms with Crippen molar-refractivity contribution in [3.8, 4) is 17.1 Å². The molecule has 1 aromatic carbocycles. The average molecular weight is 478 g/mol. The molecule has 2 aliphatic heterocycles. The van der Waals surface area contributed by atoms with Gasteiger partial charge in [-0.3, -0.25) is 4.99 Å². The van der Waals surface area contributed by atoms with Crippen LogP contribution in [0.4, 0.5) is 0 Å². The van der Waals surface area contributed by atoms with Crippen molar-refractivity contribution in [2.45, 2.75) is 59.7 Å². The smallest absolute Gasteiger partial charge is 0.378 e. The van der Waals surface area contributed by atoms with Crippen LogP contribution in [-0.4, -0.2) is 62.8 Å². The average Bonchev–Trinajstić information content (AvgIpc) is 3.08. The van der Waals surface area contributed by atoms with Gasteiger partial charge >= 0.3 is 5.97 Å². The number of nitrogens with two attached hydrogens (primary N) is 1. The van der Waals surface area contributed by atoms with E-state index in [2.05, 4.69) is 14.6 Å². The summed E-state index contributed by atoms with van der Waals surface area (Å²) in [6.45, 7) is 12.8. The molecule has 9 heteroatoms. The van der Waals surface area contributed by atoms with E-state index < -0.39 is 5.54 Å². The van der Waals surface area contributed by atoms with Gasteiger partial charge < -0.3 is 19.8 Å². The van der Waals surface area contributed by atoms with Crippen molar-refractivity contribution in [1.29, 1.82) is 0 Å². The predicted molar refractivity (Wildman–Crippen MR) is 137 cm³/mol. The molecule has 184 valence electrons. The summed E-state index contributed by atoms with van der Waals surface area (Å²) < 4.78 is 15.2. The van der Waals surface area contributed by atoms with Gasteiger partial charge in [-0.25, -0.2) is 14.8 Å². The van der Waals surface area contributed by atoms with Crippen molar-refractivity contribution in [1.82, 2.24) is 9.55 Å². The van der Waals surface area contributed by atoms with E-state index in [0.717, 1.165) is 28.3 Å². The number of hydrogen-bond donors (Lipinski definition) is 1. The van der Waals surface area contributed by atoms with Gasteiger partial charge in [-0.1, -0.05) is 6.07 Å². The number of ether oxygens (including phenoxy) is 2. The largest absolute Gasteiger partial charge is 0.491 e. The molecule has 0 saturated carbocycles. The number of carbonyl (C=O) groups is 1. The number of aromatic nitrogens is 2. The van der Waals surface area contributed by atoms with Crippen LogP contribution in [0.3, 0.4) is 0 Å². The Kier molecular flexibility index (Phi) is 6.60. The van der Waals surface area contributed by atoms with E-state index in [1.165, 1.54) is 0 Å². The predicted octanol–water partition coefficient (Wildman–Crippen LogP) is 3.25. The van der Waals surface area contributed by atoms with E-state index in [1.54, 1.807) is 6.92 Å². The van der Waals surface area contributed by atoms with Gasteiger partial charge in [0, 0.05) is 26.1 Å². The third-order valence-electron chi connectivity index (χ3n) is 5.79. The molecule has 2 N–H and O–H groups in total. The highest BCUT2D eigenvalue weighted by molar-refractivity contribution is 6.11. The van der Waals surface area contributed by atoms with Gasteiger partial charge in [0.25, 0.3) is 5.54 Å². The Morgan fingerprint density at radius 2 is 2.11 bits per heavy atom. The van der Waals surface area contributed by atoms with E-state index in [1.807, 2.05) is 76.0 Å². The van der Waals surface area contributed by atoms with Crippen LogP contribution in [0, 0.1) is 0 Å². The molecular weight excluding hydrogens is 444 g/mol. The Balaban J connectivity index is 1.63.